The van der Waals surface area contributed by atoms with E-state index in [-0.39, 0.29) is 22.6 Å². The van der Waals surface area contributed by atoms with Gasteiger partial charge >= 0.3 is 6.01 Å². The van der Waals surface area contributed by atoms with Crippen LogP contribution in [0.2, 0.25) is 0 Å². The first-order valence-electron chi connectivity index (χ1n) is 5.19. The molecule has 0 amide bonds. The molecule has 0 unspecified atom stereocenters. The van der Waals surface area contributed by atoms with E-state index < -0.39 is 10.0 Å². The number of para-hydroxylation sites is 1. The molecule has 0 aliphatic rings. The van der Waals surface area contributed by atoms with Crippen LogP contribution in [0.4, 0.5) is 5.95 Å². The number of rotatable bonds is 5. The van der Waals surface area contributed by atoms with Gasteiger partial charge in [0.25, 0.3) is 10.0 Å². The first-order valence-corrected chi connectivity index (χ1v) is 6.67. The molecule has 1 heterocycles. The van der Waals surface area contributed by atoms with E-state index >= 15 is 0 Å². The molecule has 0 bridgehead atoms. The number of hydrogen-bond donors (Lipinski definition) is 2. The van der Waals surface area contributed by atoms with E-state index in [0.717, 1.165) is 0 Å². The number of anilines is 1. The highest BCUT2D eigenvalue weighted by Crippen LogP contribution is 2.24. The molecule has 1 aromatic heterocycles. The van der Waals surface area contributed by atoms with Crippen LogP contribution in [0.1, 0.15) is 0 Å². The van der Waals surface area contributed by atoms with Crippen LogP contribution in [0.25, 0.3) is 0 Å². The molecule has 9 heteroatoms. The molecule has 1 aromatic carbocycles. The summed E-state index contributed by atoms with van der Waals surface area (Å²) in [7, 11) is -1.04. The van der Waals surface area contributed by atoms with Crippen LogP contribution < -0.4 is 14.2 Å². The van der Waals surface area contributed by atoms with Gasteiger partial charge in [0, 0.05) is 0 Å². The Hall–Kier alpha value is -2.29. The number of benzene rings is 1. The van der Waals surface area contributed by atoms with Gasteiger partial charge < -0.3 is 9.47 Å². The molecule has 0 aliphatic carbocycles. The molecule has 0 spiro atoms. The maximum Gasteiger partial charge on any atom is 0.336 e. The lowest BCUT2D eigenvalue weighted by Gasteiger charge is -2.08. The van der Waals surface area contributed by atoms with Crippen molar-refractivity contribution >= 4 is 16.0 Å². The highest BCUT2D eigenvalue weighted by Gasteiger charge is 2.20. The van der Waals surface area contributed by atoms with Gasteiger partial charge in [0.1, 0.15) is 10.6 Å². The largest absolute Gasteiger partial charge is 0.495 e. The summed E-state index contributed by atoms with van der Waals surface area (Å²) < 4.78 is 36.3. The Morgan fingerprint density at radius 1 is 1.21 bits per heavy atom. The van der Waals surface area contributed by atoms with Crippen LogP contribution in [0.15, 0.2) is 29.2 Å². The molecule has 0 atom stereocenters. The summed E-state index contributed by atoms with van der Waals surface area (Å²) in [6.45, 7) is 0. The van der Waals surface area contributed by atoms with Gasteiger partial charge in [-0.15, -0.1) is 5.10 Å². The van der Waals surface area contributed by atoms with Gasteiger partial charge in [0.15, 0.2) is 0 Å². The average molecular weight is 284 g/mol. The molecular weight excluding hydrogens is 272 g/mol. The zero-order chi connectivity index (χ0) is 13.9. The molecule has 8 nitrogen and oxygen atoms in total. The van der Waals surface area contributed by atoms with Crippen LogP contribution in [-0.2, 0) is 10.0 Å². The van der Waals surface area contributed by atoms with E-state index in [1.165, 1.54) is 20.3 Å². The summed E-state index contributed by atoms with van der Waals surface area (Å²) in [5.41, 5.74) is 0. The Labute approximate surface area is 109 Å². The van der Waals surface area contributed by atoms with E-state index in [1.807, 2.05) is 0 Å². The van der Waals surface area contributed by atoms with Crippen LogP contribution >= 0.6 is 0 Å². The maximum atomic E-state index is 12.2. The minimum absolute atomic E-state index is 0.00728. The summed E-state index contributed by atoms with van der Waals surface area (Å²) >= 11 is 0. The number of nitrogens with one attached hydrogen (secondary N) is 2. The molecule has 0 saturated carbocycles. The Bertz CT molecular complexity index is 668. The predicted molar refractivity (Wildman–Crippen MR) is 66.7 cm³/mol. The van der Waals surface area contributed by atoms with E-state index in [9.17, 15) is 8.42 Å². The lowest BCUT2D eigenvalue weighted by Crippen LogP contribution is -2.15. The van der Waals surface area contributed by atoms with E-state index in [2.05, 4.69) is 19.9 Å². The molecule has 0 radical (unpaired) electrons. The first-order chi connectivity index (χ1) is 9.06. The highest BCUT2D eigenvalue weighted by atomic mass is 32.2. The Kier molecular flexibility index (Phi) is 3.56. The summed E-state index contributed by atoms with van der Waals surface area (Å²) in [6, 6.07) is 6.29. The number of aromatic amines is 1. The second-order valence-electron chi connectivity index (χ2n) is 3.43. The van der Waals surface area contributed by atoms with Crippen molar-refractivity contribution < 1.29 is 17.9 Å². The molecule has 2 N–H and O–H groups in total. The van der Waals surface area contributed by atoms with Crippen molar-refractivity contribution in [3.05, 3.63) is 24.3 Å². The number of ether oxygens (including phenoxy) is 2. The highest BCUT2D eigenvalue weighted by molar-refractivity contribution is 7.92. The molecule has 0 aliphatic heterocycles. The second-order valence-corrected chi connectivity index (χ2v) is 5.08. The minimum Gasteiger partial charge on any atom is -0.495 e. The second kappa shape index (κ2) is 5.14. The topological polar surface area (TPSA) is 106 Å². The monoisotopic (exact) mass is 284 g/mol. The van der Waals surface area contributed by atoms with Crippen molar-refractivity contribution in [1.29, 1.82) is 0 Å². The number of hydrogen-bond acceptors (Lipinski definition) is 6. The fourth-order valence-corrected chi connectivity index (χ4v) is 2.54. The fourth-order valence-electron chi connectivity index (χ4n) is 1.41. The lowest BCUT2D eigenvalue weighted by molar-refractivity contribution is 0.382. The molecule has 19 heavy (non-hydrogen) atoms. The number of H-pyrrole nitrogens is 1. The van der Waals surface area contributed by atoms with Crippen molar-refractivity contribution in [2.24, 2.45) is 0 Å². The molecule has 102 valence electrons. The van der Waals surface area contributed by atoms with Gasteiger partial charge in [-0.3, -0.25) is 0 Å². The zero-order valence-electron chi connectivity index (χ0n) is 10.2. The SMILES string of the molecule is COc1n[nH]c(NS(=O)(=O)c2ccccc2OC)n1. The minimum atomic E-state index is -3.82. The fraction of sp³-hybridized carbons (Fsp3) is 0.200. The summed E-state index contributed by atoms with van der Waals surface area (Å²) in [5, 5.41) is 6.04. The van der Waals surface area contributed by atoms with E-state index in [0.29, 0.717) is 0 Å². The van der Waals surface area contributed by atoms with Crippen LogP contribution in [0, 0.1) is 0 Å². The van der Waals surface area contributed by atoms with E-state index in [1.54, 1.807) is 18.2 Å². The quantitative estimate of drug-likeness (QED) is 0.833. The maximum absolute atomic E-state index is 12.2. The number of nitrogens with zero attached hydrogens (tertiary/aromatic N) is 2. The standard InChI is InChI=1S/C10H12N4O4S/c1-17-7-5-3-4-6-8(7)19(15,16)14-9-11-10(18-2)13-12-9/h3-6H,1-2H3,(H2,11,12,13,14). The number of methoxy groups -OCH3 is 2. The summed E-state index contributed by atoms with van der Waals surface area (Å²) in [4.78, 5) is 3.78. The van der Waals surface area contributed by atoms with Crippen molar-refractivity contribution in [1.82, 2.24) is 15.2 Å². The molecule has 2 aromatic rings. The third-order valence-electron chi connectivity index (χ3n) is 2.24. The normalized spacial score (nSPS) is 11.1. The summed E-state index contributed by atoms with van der Waals surface area (Å²) in [5.74, 6) is 0.198. The lowest BCUT2D eigenvalue weighted by atomic mass is 10.3. The smallest absolute Gasteiger partial charge is 0.336 e. The van der Waals surface area contributed by atoms with Crippen molar-refractivity contribution in [3.63, 3.8) is 0 Å². The van der Waals surface area contributed by atoms with Crippen LogP contribution in [0.5, 0.6) is 11.8 Å². The van der Waals surface area contributed by atoms with Gasteiger partial charge in [0.2, 0.25) is 5.95 Å². The molecule has 0 fully saturated rings. The first kappa shape index (κ1) is 13.1. The van der Waals surface area contributed by atoms with Crippen molar-refractivity contribution in [3.8, 4) is 11.8 Å². The van der Waals surface area contributed by atoms with Gasteiger partial charge in [-0.05, 0) is 12.1 Å². The molecule has 0 saturated heterocycles. The summed E-state index contributed by atoms with van der Waals surface area (Å²) in [6.07, 6.45) is 0. The zero-order valence-corrected chi connectivity index (χ0v) is 11.1. The third-order valence-corrected chi connectivity index (χ3v) is 3.62. The van der Waals surface area contributed by atoms with Crippen LogP contribution in [0.3, 0.4) is 0 Å². The average Bonchev–Trinajstić information content (AvgIpc) is 2.85. The van der Waals surface area contributed by atoms with Crippen molar-refractivity contribution in [2.75, 3.05) is 18.9 Å². The Balaban J connectivity index is 2.32. The Morgan fingerprint density at radius 3 is 2.58 bits per heavy atom. The molecular formula is C10H12N4O4S. The van der Waals surface area contributed by atoms with Gasteiger partial charge in [0.05, 0.1) is 14.2 Å². The number of sulfonamides is 1. The van der Waals surface area contributed by atoms with Crippen LogP contribution in [-0.4, -0.2) is 37.8 Å². The van der Waals surface area contributed by atoms with Crippen molar-refractivity contribution in [2.45, 2.75) is 4.90 Å². The molecule has 2 rings (SSSR count). The van der Waals surface area contributed by atoms with Gasteiger partial charge in [-0.25, -0.2) is 18.2 Å². The predicted octanol–water partition coefficient (Wildman–Crippen LogP) is 0.623. The number of aromatic nitrogens is 3. The van der Waals surface area contributed by atoms with E-state index in [4.69, 9.17) is 9.47 Å². The van der Waals surface area contributed by atoms with Gasteiger partial charge in [-0.2, -0.15) is 4.98 Å². The van der Waals surface area contributed by atoms with Gasteiger partial charge in [-0.1, -0.05) is 12.1 Å². The third kappa shape index (κ3) is 2.76. The Morgan fingerprint density at radius 2 is 1.95 bits per heavy atom.